The van der Waals surface area contributed by atoms with Crippen molar-refractivity contribution in [1.29, 1.82) is 0 Å². The van der Waals surface area contributed by atoms with E-state index < -0.39 is 0 Å². The Morgan fingerprint density at radius 1 is 1.33 bits per heavy atom. The van der Waals surface area contributed by atoms with Gasteiger partial charge >= 0.3 is 0 Å². The number of hydrogen-bond acceptors (Lipinski definition) is 4. The summed E-state index contributed by atoms with van der Waals surface area (Å²) in [4.78, 5) is 6.43. The van der Waals surface area contributed by atoms with Crippen molar-refractivity contribution in [2.75, 3.05) is 11.9 Å². The van der Waals surface area contributed by atoms with Gasteiger partial charge in [0, 0.05) is 18.1 Å². The third-order valence-corrected chi connectivity index (χ3v) is 3.62. The van der Waals surface area contributed by atoms with Gasteiger partial charge in [-0.25, -0.2) is 4.98 Å². The van der Waals surface area contributed by atoms with E-state index in [9.17, 15) is 5.11 Å². The van der Waals surface area contributed by atoms with Gasteiger partial charge < -0.3 is 10.0 Å². The molecule has 0 fully saturated rings. The molecule has 1 N–H and O–H groups in total. The molecule has 0 aliphatic heterocycles. The van der Waals surface area contributed by atoms with Crippen molar-refractivity contribution in [1.82, 2.24) is 4.98 Å². The summed E-state index contributed by atoms with van der Waals surface area (Å²) in [6.45, 7) is 2.78. The lowest BCUT2D eigenvalue weighted by molar-refractivity contribution is 0.173. The monoisotopic (exact) mass is 262 g/mol. The van der Waals surface area contributed by atoms with E-state index in [0.29, 0.717) is 0 Å². The highest BCUT2D eigenvalue weighted by Gasteiger charge is 2.07. The molecule has 2 rings (SSSR count). The van der Waals surface area contributed by atoms with Crippen LogP contribution >= 0.6 is 11.3 Å². The molecule has 3 nitrogen and oxygen atoms in total. The number of benzene rings is 1. The van der Waals surface area contributed by atoms with Gasteiger partial charge in [0.15, 0.2) is 0 Å². The first-order valence-corrected chi connectivity index (χ1v) is 7.01. The number of nitrogens with zero attached hydrogens (tertiary/aromatic N) is 2. The van der Waals surface area contributed by atoms with Crippen molar-refractivity contribution in [2.24, 2.45) is 0 Å². The fourth-order valence-electron chi connectivity index (χ4n) is 1.84. The summed E-state index contributed by atoms with van der Waals surface area (Å²) >= 11 is 1.62. The first-order valence-electron chi connectivity index (χ1n) is 6.07. The van der Waals surface area contributed by atoms with Gasteiger partial charge in [-0.1, -0.05) is 19.1 Å². The summed E-state index contributed by atoms with van der Waals surface area (Å²) in [7, 11) is 2.05. The summed E-state index contributed by atoms with van der Waals surface area (Å²) < 4.78 is 0. The van der Waals surface area contributed by atoms with Gasteiger partial charge in [0.05, 0.1) is 23.9 Å². The Kier molecular flexibility index (Phi) is 4.33. The van der Waals surface area contributed by atoms with E-state index in [-0.39, 0.29) is 6.10 Å². The molecule has 0 aliphatic carbocycles. The SMILES string of the molecule is CC[C@@H](O)c1ccc(N(C)Cc2cscn2)cc1. The average molecular weight is 262 g/mol. The maximum absolute atomic E-state index is 9.74. The summed E-state index contributed by atoms with van der Waals surface area (Å²) in [6, 6.07) is 8.06. The van der Waals surface area contributed by atoms with Crippen LogP contribution < -0.4 is 4.90 Å². The lowest BCUT2D eigenvalue weighted by atomic mass is 10.1. The third-order valence-electron chi connectivity index (χ3n) is 2.99. The number of thiazole rings is 1. The van der Waals surface area contributed by atoms with Crippen molar-refractivity contribution >= 4 is 17.0 Å². The van der Waals surface area contributed by atoms with E-state index in [1.807, 2.05) is 43.7 Å². The summed E-state index contributed by atoms with van der Waals surface area (Å²) in [6.07, 6.45) is 0.386. The molecule has 96 valence electrons. The Balaban J connectivity index is 2.04. The van der Waals surface area contributed by atoms with Crippen LogP contribution in [-0.4, -0.2) is 17.1 Å². The Labute approximate surface area is 112 Å². The number of aliphatic hydroxyl groups excluding tert-OH is 1. The van der Waals surface area contributed by atoms with Crippen LogP contribution in [0.4, 0.5) is 5.69 Å². The molecule has 1 heterocycles. The molecular weight excluding hydrogens is 244 g/mol. The van der Waals surface area contributed by atoms with Crippen LogP contribution in [0.15, 0.2) is 35.2 Å². The van der Waals surface area contributed by atoms with E-state index in [2.05, 4.69) is 15.3 Å². The Morgan fingerprint density at radius 2 is 2.06 bits per heavy atom. The van der Waals surface area contributed by atoms with Gasteiger partial charge in [-0.2, -0.15) is 0 Å². The van der Waals surface area contributed by atoms with Crippen molar-refractivity contribution in [3.8, 4) is 0 Å². The van der Waals surface area contributed by atoms with Crippen LogP contribution in [0, 0.1) is 0 Å². The largest absolute Gasteiger partial charge is 0.388 e. The van der Waals surface area contributed by atoms with Crippen molar-refractivity contribution < 1.29 is 5.11 Å². The number of aromatic nitrogens is 1. The fraction of sp³-hybridized carbons (Fsp3) is 0.357. The van der Waals surface area contributed by atoms with Gasteiger partial charge in [-0.15, -0.1) is 11.3 Å². The van der Waals surface area contributed by atoms with Crippen LogP contribution in [0.25, 0.3) is 0 Å². The van der Waals surface area contributed by atoms with Crippen LogP contribution in [0.3, 0.4) is 0 Å². The predicted octanol–water partition coefficient (Wildman–Crippen LogP) is 3.22. The first kappa shape index (κ1) is 13.1. The lowest BCUT2D eigenvalue weighted by Gasteiger charge is -2.19. The van der Waals surface area contributed by atoms with Crippen LogP contribution in [-0.2, 0) is 6.54 Å². The standard InChI is InChI=1S/C14H18N2OS/c1-3-14(17)11-4-6-13(7-5-11)16(2)8-12-9-18-10-15-12/h4-7,9-10,14,17H,3,8H2,1-2H3/t14-/m1/s1. The molecule has 1 aromatic carbocycles. The van der Waals surface area contributed by atoms with Crippen molar-refractivity contribution in [3.05, 3.63) is 46.4 Å². The maximum atomic E-state index is 9.74. The second kappa shape index (κ2) is 5.98. The molecule has 0 bridgehead atoms. The van der Waals surface area contributed by atoms with Gasteiger partial charge in [-0.05, 0) is 24.1 Å². The van der Waals surface area contributed by atoms with E-state index in [0.717, 1.165) is 29.9 Å². The first-order chi connectivity index (χ1) is 8.70. The molecular formula is C14H18N2OS. The van der Waals surface area contributed by atoms with Crippen LogP contribution in [0.5, 0.6) is 0 Å². The van der Waals surface area contributed by atoms with Gasteiger partial charge in [0.1, 0.15) is 0 Å². The molecule has 0 aliphatic rings. The lowest BCUT2D eigenvalue weighted by Crippen LogP contribution is -2.16. The normalized spacial score (nSPS) is 12.4. The second-order valence-corrected chi connectivity index (χ2v) is 5.07. The summed E-state index contributed by atoms with van der Waals surface area (Å²) in [5.74, 6) is 0. The van der Waals surface area contributed by atoms with E-state index in [1.165, 1.54) is 0 Å². The minimum atomic E-state index is -0.358. The summed E-state index contributed by atoms with van der Waals surface area (Å²) in [5, 5.41) is 11.8. The van der Waals surface area contributed by atoms with Gasteiger partial charge in [-0.3, -0.25) is 0 Å². The number of anilines is 1. The molecule has 0 amide bonds. The highest BCUT2D eigenvalue weighted by atomic mass is 32.1. The molecule has 0 spiro atoms. The minimum absolute atomic E-state index is 0.358. The maximum Gasteiger partial charge on any atom is 0.0795 e. The van der Waals surface area contributed by atoms with Crippen LogP contribution in [0.1, 0.15) is 30.7 Å². The van der Waals surface area contributed by atoms with Crippen LogP contribution in [0.2, 0.25) is 0 Å². The van der Waals surface area contributed by atoms with Gasteiger partial charge in [0.2, 0.25) is 0 Å². The highest BCUT2D eigenvalue weighted by molar-refractivity contribution is 7.07. The Bertz CT molecular complexity index is 467. The van der Waals surface area contributed by atoms with Crippen molar-refractivity contribution in [2.45, 2.75) is 26.0 Å². The molecule has 1 atom stereocenters. The van der Waals surface area contributed by atoms with Crippen molar-refractivity contribution in [3.63, 3.8) is 0 Å². The van der Waals surface area contributed by atoms with E-state index >= 15 is 0 Å². The fourth-order valence-corrected chi connectivity index (χ4v) is 2.39. The molecule has 0 unspecified atom stereocenters. The predicted molar refractivity (Wildman–Crippen MR) is 75.9 cm³/mol. The molecule has 18 heavy (non-hydrogen) atoms. The zero-order valence-corrected chi connectivity index (χ0v) is 11.5. The Morgan fingerprint density at radius 3 is 2.61 bits per heavy atom. The summed E-state index contributed by atoms with van der Waals surface area (Å²) in [5.41, 5.74) is 5.04. The number of rotatable bonds is 5. The minimum Gasteiger partial charge on any atom is -0.388 e. The Hall–Kier alpha value is -1.39. The highest BCUT2D eigenvalue weighted by Crippen LogP contribution is 2.21. The molecule has 4 heteroatoms. The third kappa shape index (κ3) is 3.09. The zero-order valence-electron chi connectivity index (χ0n) is 10.7. The average Bonchev–Trinajstić information content (AvgIpc) is 2.91. The molecule has 0 saturated heterocycles. The molecule has 0 saturated carbocycles. The second-order valence-electron chi connectivity index (χ2n) is 4.35. The van der Waals surface area contributed by atoms with E-state index in [1.54, 1.807) is 11.3 Å². The zero-order chi connectivity index (χ0) is 13.0. The number of hydrogen-bond donors (Lipinski definition) is 1. The molecule has 0 radical (unpaired) electrons. The quantitative estimate of drug-likeness (QED) is 0.898. The van der Waals surface area contributed by atoms with E-state index in [4.69, 9.17) is 0 Å². The smallest absolute Gasteiger partial charge is 0.0795 e. The van der Waals surface area contributed by atoms with Gasteiger partial charge in [0.25, 0.3) is 0 Å². The number of aliphatic hydroxyl groups is 1. The topological polar surface area (TPSA) is 36.4 Å². The molecule has 1 aromatic heterocycles. The molecule has 2 aromatic rings.